The summed E-state index contributed by atoms with van der Waals surface area (Å²) in [6, 6.07) is 5.05. The molecule has 1 amide bonds. The maximum Gasteiger partial charge on any atom is 0.338 e. The molecule has 0 saturated carbocycles. The summed E-state index contributed by atoms with van der Waals surface area (Å²) >= 11 is 0. The summed E-state index contributed by atoms with van der Waals surface area (Å²) in [4.78, 5) is 25.9. The van der Waals surface area contributed by atoms with Crippen LogP contribution in [0.25, 0.3) is 0 Å². The molecule has 2 rings (SSSR count). The lowest BCUT2D eigenvalue weighted by atomic mass is 10.1. The van der Waals surface area contributed by atoms with Crippen molar-refractivity contribution in [2.24, 2.45) is 0 Å². The highest BCUT2D eigenvalue weighted by molar-refractivity contribution is 5.91. The van der Waals surface area contributed by atoms with Gasteiger partial charge in [0.2, 0.25) is 0 Å². The highest BCUT2D eigenvalue weighted by atomic mass is 16.5. The fourth-order valence-electron chi connectivity index (χ4n) is 2.63. The van der Waals surface area contributed by atoms with Crippen molar-refractivity contribution in [2.75, 3.05) is 26.8 Å². The fraction of sp³-hybridized carbons (Fsp3) is 0.529. The minimum atomic E-state index is -0.536. The van der Waals surface area contributed by atoms with E-state index < -0.39 is 5.97 Å². The maximum atomic E-state index is 12.2. The van der Waals surface area contributed by atoms with E-state index in [0.717, 1.165) is 5.56 Å². The lowest BCUT2D eigenvalue weighted by Crippen LogP contribution is -2.49. The van der Waals surface area contributed by atoms with Crippen LogP contribution in [0.3, 0.4) is 0 Å². The van der Waals surface area contributed by atoms with E-state index in [1.807, 2.05) is 20.8 Å². The standard InChI is InChI=1S/C17H23NO5/c1-11-5-6-14(7-15(11)21-4)17(20)22-10-16(19)18-8-12(2)23-13(3)9-18/h5-7,12-13H,8-10H2,1-4H3/t12-,13+. The Morgan fingerprint density at radius 3 is 2.52 bits per heavy atom. The molecule has 6 nitrogen and oxygen atoms in total. The molecule has 1 saturated heterocycles. The summed E-state index contributed by atoms with van der Waals surface area (Å²) in [5.41, 5.74) is 1.29. The first-order valence-electron chi connectivity index (χ1n) is 7.65. The lowest BCUT2D eigenvalue weighted by Gasteiger charge is -2.35. The van der Waals surface area contributed by atoms with E-state index >= 15 is 0 Å². The second-order valence-corrected chi connectivity index (χ2v) is 5.82. The molecule has 23 heavy (non-hydrogen) atoms. The number of rotatable bonds is 4. The SMILES string of the molecule is COc1cc(C(=O)OCC(=O)N2C[C@@H](C)O[C@@H](C)C2)ccc1C. The summed E-state index contributed by atoms with van der Waals surface area (Å²) in [7, 11) is 1.54. The van der Waals surface area contributed by atoms with Crippen LogP contribution in [0.1, 0.15) is 29.8 Å². The molecule has 0 aromatic heterocycles. The normalized spacial score (nSPS) is 21.0. The zero-order chi connectivity index (χ0) is 17.0. The van der Waals surface area contributed by atoms with Gasteiger partial charge in [0.25, 0.3) is 5.91 Å². The van der Waals surface area contributed by atoms with Crippen LogP contribution in [0, 0.1) is 6.92 Å². The van der Waals surface area contributed by atoms with Gasteiger partial charge in [-0.05, 0) is 38.5 Å². The number of esters is 1. The maximum absolute atomic E-state index is 12.2. The third-order valence-electron chi connectivity index (χ3n) is 3.74. The molecular weight excluding hydrogens is 298 g/mol. The minimum absolute atomic E-state index is 0.0141. The Labute approximate surface area is 136 Å². The Kier molecular flexibility index (Phi) is 5.60. The molecule has 0 bridgehead atoms. The van der Waals surface area contributed by atoms with Gasteiger partial charge in [0, 0.05) is 13.1 Å². The van der Waals surface area contributed by atoms with E-state index in [4.69, 9.17) is 14.2 Å². The first kappa shape index (κ1) is 17.3. The Balaban J connectivity index is 1.92. The van der Waals surface area contributed by atoms with E-state index in [-0.39, 0.29) is 24.7 Å². The number of benzene rings is 1. The molecule has 0 aliphatic carbocycles. The predicted octanol–water partition coefficient (Wildman–Crippen LogP) is 1.80. The molecule has 0 radical (unpaired) electrons. The van der Waals surface area contributed by atoms with E-state index in [9.17, 15) is 9.59 Å². The molecule has 1 aromatic carbocycles. The molecule has 0 unspecified atom stereocenters. The molecule has 0 spiro atoms. The molecule has 6 heteroatoms. The van der Waals surface area contributed by atoms with E-state index in [1.165, 1.54) is 0 Å². The summed E-state index contributed by atoms with van der Waals surface area (Å²) < 4.78 is 15.9. The van der Waals surface area contributed by atoms with Crippen LogP contribution in [0.15, 0.2) is 18.2 Å². The number of methoxy groups -OCH3 is 1. The fourth-order valence-corrected chi connectivity index (χ4v) is 2.63. The summed E-state index contributed by atoms with van der Waals surface area (Å²) in [5.74, 6) is -0.132. The van der Waals surface area contributed by atoms with Gasteiger partial charge >= 0.3 is 5.97 Å². The number of carbonyl (C=O) groups excluding carboxylic acids is 2. The van der Waals surface area contributed by atoms with Crippen molar-refractivity contribution in [3.8, 4) is 5.75 Å². The number of aryl methyl sites for hydroxylation is 1. The molecule has 1 heterocycles. The highest BCUT2D eigenvalue weighted by Crippen LogP contribution is 2.19. The van der Waals surface area contributed by atoms with Gasteiger partial charge in [-0.3, -0.25) is 4.79 Å². The van der Waals surface area contributed by atoms with Crippen LogP contribution < -0.4 is 4.74 Å². The number of carbonyl (C=O) groups is 2. The van der Waals surface area contributed by atoms with Gasteiger partial charge in [-0.1, -0.05) is 6.07 Å². The molecule has 1 aliphatic rings. The lowest BCUT2D eigenvalue weighted by molar-refractivity contribution is -0.146. The van der Waals surface area contributed by atoms with Crippen LogP contribution in [0.5, 0.6) is 5.75 Å². The zero-order valence-electron chi connectivity index (χ0n) is 14.0. The smallest absolute Gasteiger partial charge is 0.338 e. The largest absolute Gasteiger partial charge is 0.496 e. The van der Waals surface area contributed by atoms with Gasteiger partial charge in [-0.25, -0.2) is 4.79 Å². The van der Waals surface area contributed by atoms with Gasteiger partial charge in [-0.15, -0.1) is 0 Å². The van der Waals surface area contributed by atoms with Gasteiger partial charge < -0.3 is 19.1 Å². The second-order valence-electron chi connectivity index (χ2n) is 5.82. The second kappa shape index (κ2) is 7.46. The summed E-state index contributed by atoms with van der Waals surface area (Å²) in [5, 5.41) is 0. The van der Waals surface area contributed by atoms with E-state index in [0.29, 0.717) is 24.4 Å². The molecular formula is C17H23NO5. The Morgan fingerprint density at radius 2 is 1.91 bits per heavy atom. The Hall–Kier alpha value is -2.08. The number of hydrogen-bond acceptors (Lipinski definition) is 5. The number of amides is 1. The molecule has 1 fully saturated rings. The van der Waals surface area contributed by atoms with Crippen molar-refractivity contribution in [1.82, 2.24) is 4.90 Å². The van der Waals surface area contributed by atoms with Crippen LogP contribution in [0.4, 0.5) is 0 Å². The van der Waals surface area contributed by atoms with Crippen LogP contribution >= 0.6 is 0 Å². The first-order chi connectivity index (χ1) is 10.9. The van der Waals surface area contributed by atoms with Crippen LogP contribution in [-0.4, -0.2) is 55.8 Å². The van der Waals surface area contributed by atoms with Crippen molar-refractivity contribution < 1.29 is 23.8 Å². The van der Waals surface area contributed by atoms with Crippen molar-refractivity contribution in [1.29, 1.82) is 0 Å². The monoisotopic (exact) mass is 321 g/mol. The highest BCUT2D eigenvalue weighted by Gasteiger charge is 2.26. The van der Waals surface area contributed by atoms with E-state index in [2.05, 4.69) is 0 Å². The predicted molar refractivity (Wildman–Crippen MR) is 84.6 cm³/mol. The third-order valence-corrected chi connectivity index (χ3v) is 3.74. The summed E-state index contributed by atoms with van der Waals surface area (Å²) in [6.07, 6.45) is -0.0282. The number of nitrogens with zero attached hydrogens (tertiary/aromatic N) is 1. The van der Waals surface area contributed by atoms with Crippen LogP contribution in [-0.2, 0) is 14.3 Å². The molecule has 0 N–H and O–H groups in total. The minimum Gasteiger partial charge on any atom is -0.496 e. The van der Waals surface area contributed by atoms with Gasteiger partial charge in [0.05, 0.1) is 24.9 Å². The first-order valence-corrected chi connectivity index (χ1v) is 7.65. The average molecular weight is 321 g/mol. The van der Waals surface area contributed by atoms with Gasteiger partial charge in [0.1, 0.15) is 5.75 Å². The van der Waals surface area contributed by atoms with Gasteiger partial charge in [-0.2, -0.15) is 0 Å². The number of morpholine rings is 1. The van der Waals surface area contributed by atoms with E-state index in [1.54, 1.807) is 30.2 Å². The Bertz CT molecular complexity index is 576. The molecule has 2 atom stereocenters. The zero-order valence-corrected chi connectivity index (χ0v) is 14.0. The summed E-state index contributed by atoms with van der Waals surface area (Å²) in [6.45, 7) is 6.48. The van der Waals surface area contributed by atoms with Crippen LogP contribution in [0.2, 0.25) is 0 Å². The third kappa shape index (κ3) is 4.45. The topological polar surface area (TPSA) is 65.1 Å². The van der Waals surface area contributed by atoms with Gasteiger partial charge in [0.15, 0.2) is 6.61 Å². The molecule has 1 aromatic rings. The Morgan fingerprint density at radius 1 is 1.26 bits per heavy atom. The van der Waals surface area contributed by atoms with Crippen molar-refractivity contribution >= 4 is 11.9 Å². The van der Waals surface area contributed by atoms with Crippen molar-refractivity contribution in [3.63, 3.8) is 0 Å². The van der Waals surface area contributed by atoms with Crippen molar-refractivity contribution in [3.05, 3.63) is 29.3 Å². The quantitative estimate of drug-likeness (QED) is 0.791. The molecule has 126 valence electrons. The number of ether oxygens (including phenoxy) is 3. The molecule has 1 aliphatic heterocycles. The average Bonchev–Trinajstić information content (AvgIpc) is 2.51. The number of hydrogen-bond donors (Lipinski definition) is 0. The van der Waals surface area contributed by atoms with Crippen molar-refractivity contribution in [2.45, 2.75) is 33.0 Å².